The monoisotopic (exact) mass is 242 g/mol. The third-order valence-corrected chi connectivity index (χ3v) is 2.23. The summed E-state index contributed by atoms with van der Waals surface area (Å²) in [5.74, 6) is -2.50. The van der Waals surface area contributed by atoms with Gasteiger partial charge < -0.3 is 20.1 Å². The van der Waals surface area contributed by atoms with Gasteiger partial charge in [0, 0.05) is 32.6 Å². The standard InChI is InChI=1S/C11H18N2O4/c1-7(13-6-5-12-4)8-9(14)16-11(2,3)17-10(8)15/h12-13H,5-6H2,1-4H3. The Kier molecular flexibility index (Phi) is 4.11. The molecule has 96 valence electrons. The second-order valence-corrected chi connectivity index (χ2v) is 4.21. The number of nitrogens with one attached hydrogen (secondary N) is 2. The van der Waals surface area contributed by atoms with Crippen LogP contribution in [0.3, 0.4) is 0 Å². The number of carbonyl (C=O) groups is 2. The lowest BCUT2D eigenvalue weighted by Gasteiger charge is -2.30. The first-order valence-electron chi connectivity index (χ1n) is 5.43. The Morgan fingerprint density at radius 1 is 1.18 bits per heavy atom. The maximum absolute atomic E-state index is 11.7. The van der Waals surface area contributed by atoms with Crippen LogP contribution in [-0.2, 0) is 19.1 Å². The number of likely N-dealkylation sites (N-methyl/N-ethyl adjacent to an activating group) is 1. The summed E-state index contributed by atoms with van der Waals surface area (Å²) in [6.07, 6.45) is 0. The fraction of sp³-hybridized carbons (Fsp3) is 0.636. The van der Waals surface area contributed by atoms with Crippen LogP contribution in [0.25, 0.3) is 0 Å². The van der Waals surface area contributed by atoms with Crippen LogP contribution in [0.5, 0.6) is 0 Å². The summed E-state index contributed by atoms with van der Waals surface area (Å²) in [4.78, 5) is 23.3. The van der Waals surface area contributed by atoms with Gasteiger partial charge in [-0.15, -0.1) is 0 Å². The molecule has 0 aromatic heterocycles. The summed E-state index contributed by atoms with van der Waals surface area (Å²) >= 11 is 0. The van der Waals surface area contributed by atoms with Crippen molar-refractivity contribution >= 4 is 11.9 Å². The van der Waals surface area contributed by atoms with Crippen LogP contribution in [0.1, 0.15) is 20.8 Å². The second-order valence-electron chi connectivity index (χ2n) is 4.21. The zero-order valence-corrected chi connectivity index (χ0v) is 10.5. The lowest BCUT2D eigenvalue weighted by atomic mass is 10.2. The number of allylic oxidation sites excluding steroid dienone is 1. The Labute approximate surface area is 100 Å². The van der Waals surface area contributed by atoms with E-state index in [1.165, 1.54) is 13.8 Å². The van der Waals surface area contributed by atoms with E-state index < -0.39 is 17.7 Å². The molecule has 0 saturated carbocycles. The molecule has 1 heterocycles. The van der Waals surface area contributed by atoms with Crippen molar-refractivity contribution in [3.63, 3.8) is 0 Å². The van der Waals surface area contributed by atoms with Gasteiger partial charge in [-0.25, -0.2) is 9.59 Å². The predicted octanol–water partition coefficient (Wildman–Crippen LogP) is -0.0945. The summed E-state index contributed by atoms with van der Waals surface area (Å²) in [6.45, 7) is 6.01. The van der Waals surface area contributed by atoms with Gasteiger partial charge in [0.25, 0.3) is 5.79 Å². The molecule has 0 unspecified atom stereocenters. The molecule has 6 heteroatoms. The Morgan fingerprint density at radius 3 is 2.18 bits per heavy atom. The number of cyclic esters (lactones) is 2. The van der Waals surface area contributed by atoms with E-state index in [9.17, 15) is 9.59 Å². The minimum atomic E-state index is -1.19. The largest absolute Gasteiger partial charge is 0.419 e. The highest BCUT2D eigenvalue weighted by Crippen LogP contribution is 2.23. The van der Waals surface area contributed by atoms with Gasteiger partial charge in [0.1, 0.15) is 0 Å². The molecule has 0 bridgehead atoms. The summed E-state index contributed by atoms with van der Waals surface area (Å²) in [7, 11) is 1.82. The van der Waals surface area contributed by atoms with Crippen LogP contribution in [-0.4, -0.2) is 37.9 Å². The summed E-state index contributed by atoms with van der Waals surface area (Å²) in [5.41, 5.74) is 0.395. The molecule has 1 fully saturated rings. The third-order valence-electron chi connectivity index (χ3n) is 2.23. The van der Waals surface area contributed by atoms with Crippen molar-refractivity contribution in [1.29, 1.82) is 0 Å². The number of esters is 2. The van der Waals surface area contributed by atoms with E-state index in [0.29, 0.717) is 12.2 Å². The maximum Gasteiger partial charge on any atom is 0.350 e. The molecule has 6 nitrogen and oxygen atoms in total. The van der Waals surface area contributed by atoms with Crippen LogP contribution in [0.2, 0.25) is 0 Å². The molecular formula is C11H18N2O4. The third kappa shape index (κ3) is 3.45. The lowest BCUT2D eigenvalue weighted by Crippen LogP contribution is -2.43. The number of hydrogen-bond acceptors (Lipinski definition) is 6. The van der Waals surface area contributed by atoms with E-state index in [1.54, 1.807) is 6.92 Å². The van der Waals surface area contributed by atoms with Crippen LogP contribution >= 0.6 is 0 Å². The Hall–Kier alpha value is -1.56. The van der Waals surface area contributed by atoms with Gasteiger partial charge in [0.2, 0.25) is 0 Å². The number of carbonyl (C=O) groups excluding carboxylic acids is 2. The fourth-order valence-corrected chi connectivity index (χ4v) is 1.42. The molecule has 0 atom stereocenters. The first kappa shape index (κ1) is 13.5. The summed E-state index contributed by atoms with van der Waals surface area (Å²) in [5, 5.41) is 5.90. The summed E-state index contributed by atoms with van der Waals surface area (Å²) in [6, 6.07) is 0. The Bertz CT molecular complexity index is 338. The first-order chi connectivity index (χ1) is 7.87. The van der Waals surface area contributed by atoms with Crippen molar-refractivity contribution in [1.82, 2.24) is 10.6 Å². The molecule has 0 radical (unpaired) electrons. The van der Waals surface area contributed by atoms with Crippen molar-refractivity contribution in [3.8, 4) is 0 Å². The van der Waals surface area contributed by atoms with E-state index in [2.05, 4.69) is 10.6 Å². The smallest absolute Gasteiger partial charge is 0.350 e. The summed E-state index contributed by atoms with van der Waals surface area (Å²) < 4.78 is 9.98. The average molecular weight is 242 g/mol. The molecule has 17 heavy (non-hydrogen) atoms. The average Bonchev–Trinajstić information content (AvgIpc) is 2.14. The van der Waals surface area contributed by atoms with Gasteiger partial charge in [-0.2, -0.15) is 0 Å². The van der Waals surface area contributed by atoms with Gasteiger partial charge in [-0.3, -0.25) is 0 Å². The zero-order chi connectivity index (χ0) is 13.1. The van der Waals surface area contributed by atoms with Gasteiger partial charge in [-0.05, 0) is 14.0 Å². The predicted molar refractivity (Wildman–Crippen MR) is 60.9 cm³/mol. The quantitative estimate of drug-likeness (QED) is 0.310. The van der Waals surface area contributed by atoms with E-state index in [0.717, 1.165) is 6.54 Å². The molecule has 0 aromatic carbocycles. The second kappa shape index (κ2) is 5.18. The van der Waals surface area contributed by atoms with Gasteiger partial charge >= 0.3 is 11.9 Å². The first-order valence-corrected chi connectivity index (χ1v) is 5.43. The van der Waals surface area contributed by atoms with Crippen LogP contribution in [0.15, 0.2) is 11.3 Å². The van der Waals surface area contributed by atoms with Gasteiger partial charge in [0.05, 0.1) is 0 Å². The maximum atomic E-state index is 11.7. The molecule has 1 rings (SSSR count). The SMILES string of the molecule is CNCCNC(C)=C1C(=O)OC(C)(C)OC1=O. The number of rotatable bonds is 4. The number of ether oxygens (including phenoxy) is 2. The molecule has 1 saturated heterocycles. The van der Waals surface area contributed by atoms with Crippen LogP contribution in [0.4, 0.5) is 0 Å². The van der Waals surface area contributed by atoms with Crippen LogP contribution in [0, 0.1) is 0 Å². The Morgan fingerprint density at radius 2 is 1.71 bits per heavy atom. The molecule has 0 aliphatic carbocycles. The minimum Gasteiger partial charge on any atom is -0.419 e. The molecule has 0 aromatic rings. The minimum absolute atomic E-state index is 0.0690. The van der Waals surface area contributed by atoms with E-state index >= 15 is 0 Å². The molecule has 1 aliphatic rings. The van der Waals surface area contributed by atoms with Crippen molar-refractivity contribution < 1.29 is 19.1 Å². The zero-order valence-electron chi connectivity index (χ0n) is 10.5. The molecular weight excluding hydrogens is 224 g/mol. The highest BCUT2D eigenvalue weighted by molar-refractivity contribution is 6.15. The molecule has 0 amide bonds. The van der Waals surface area contributed by atoms with Crippen molar-refractivity contribution in [2.24, 2.45) is 0 Å². The molecule has 2 N–H and O–H groups in total. The lowest BCUT2D eigenvalue weighted by molar-refractivity contribution is -0.222. The van der Waals surface area contributed by atoms with Crippen molar-refractivity contribution in [3.05, 3.63) is 11.3 Å². The van der Waals surface area contributed by atoms with E-state index in [1.807, 2.05) is 7.05 Å². The number of hydrogen-bond donors (Lipinski definition) is 2. The normalized spacial score (nSPS) is 18.5. The van der Waals surface area contributed by atoms with E-state index in [4.69, 9.17) is 9.47 Å². The topological polar surface area (TPSA) is 76.7 Å². The molecule has 1 aliphatic heterocycles. The van der Waals surface area contributed by atoms with Crippen molar-refractivity contribution in [2.45, 2.75) is 26.6 Å². The van der Waals surface area contributed by atoms with E-state index in [-0.39, 0.29) is 5.57 Å². The highest BCUT2D eigenvalue weighted by atomic mass is 16.7. The fourth-order valence-electron chi connectivity index (χ4n) is 1.42. The Balaban J connectivity index is 2.79. The van der Waals surface area contributed by atoms with Gasteiger partial charge in [-0.1, -0.05) is 0 Å². The molecule has 0 spiro atoms. The van der Waals surface area contributed by atoms with Gasteiger partial charge in [0.15, 0.2) is 5.57 Å². The van der Waals surface area contributed by atoms with Crippen molar-refractivity contribution in [2.75, 3.05) is 20.1 Å². The van der Waals surface area contributed by atoms with Crippen LogP contribution < -0.4 is 10.6 Å². The highest BCUT2D eigenvalue weighted by Gasteiger charge is 2.40.